The number of hydrogen-bond donors (Lipinski definition) is 2. The SMILES string of the molecule is N=c1oc2ccccc2cc1C(=O)Nc1ccc(F)c(Cl)c1. The Bertz CT molecular complexity index is 937. The number of benzene rings is 2. The Kier molecular flexibility index (Phi) is 3.65. The molecule has 1 amide bonds. The summed E-state index contributed by atoms with van der Waals surface area (Å²) in [4.78, 5) is 12.2. The lowest BCUT2D eigenvalue weighted by molar-refractivity contribution is 0.102. The van der Waals surface area contributed by atoms with E-state index in [1.165, 1.54) is 12.1 Å². The molecule has 2 N–H and O–H groups in total. The fourth-order valence-corrected chi connectivity index (χ4v) is 2.20. The molecule has 0 fully saturated rings. The molecule has 110 valence electrons. The van der Waals surface area contributed by atoms with Gasteiger partial charge in [0.25, 0.3) is 5.91 Å². The highest BCUT2D eigenvalue weighted by molar-refractivity contribution is 6.31. The molecule has 0 saturated carbocycles. The molecule has 3 aromatic rings. The smallest absolute Gasteiger partial charge is 0.261 e. The van der Waals surface area contributed by atoms with Crippen LogP contribution in [-0.4, -0.2) is 5.91 Å². The van der Waals surface area contributed by atoms with E-state index < -0.39 is 11.7 Å². The quantitative estimate of drug-likeness (QED) is 0.751. The summed E-state index contributed by atoms with van der Waals surface area (Å²) < 4.78 is 18.4. The minimum absolute atomic E-state index is 0.0825. The number of anilines is 1. The minimum atomic E-state index is -0.568. The van der Waals surface area contributed by atoms with Crippen LogP contribution in [0.25, 0.3) is 11.0 Å². The Morgan fingerprint density at radius 3 is 2.73 bits per heavy atom. The average Bonchev–Trinajstić information content (AvgIpc) is 2.50. The number of nitrogens with one attached hydrogen (secondary N) is 2. The molecule has 0 unspecified atom stereocenters. The lowest BCUT2D eigenvalue weighted by Crippen LogP contribution is -2.20. The first-order valence-electron chi connectivity index (χ1n) is 6.38. The van der Waals surface area contributed by atoms with Crippen LogP contribution in [0.4, 0.5) is 10.1 Å². The van der Waals surface area contributed by atoms with Crippen molar-refractivity contribution in [3.8, 4) is 0 Å². The summed E-state index contributed by atoms with van der Waals surface area (Å²) in [6, 6.07) is 12.5. The van der Waals surface area contributed by atoms with Gasteiger partial charge >= 0.3 is 0 Å². The number of halogens is 2. The molecule has 0 aliphatic carbocycles. The number of carbonyl (C=O) groups excluding carboxylic acids is 1. The topological polar surface area (TPSA) is 66.1 Å². The normalized spacial score (nSPS) is 10.6. The number of carbonyl (C=O) groups is 1. The molecule has 0 aliphatic rings. The molecule has 0 bridgehead atoms. The minimum Gasteiger partial charge on any atom is -0.438 e. The second kappa shape index (κ2) is 5.61. The summed E-state index contributed by atoms with van der Waals surface area (Å²) in [6.07, 6.45) is 0. The van der Waals surface area contributed by atoms with Gasteiger partial charge in [-0.2, -0.15) is 0 Å². The zero-order valence-corrected chi connectivity index (χ0v) is 11.9. The zero-order valence-electron chi connectivity index (χ0n) is 11.2. The van der Waals surface area contributed by atoms with E-state index in [9.17, 15) is 9.18 Å². The standard InChI is InChI=1S/C16H10ClFN2O2/c17-12-8-10(5-6-13(12)18)20-16(21)11-7-9-3-1-2-4-14(9)22-15(11)19/h1-8,19H,(H,20,21). The Labute approximate surface area is 129 Å². The van der Waals surface area contributed by atoms with E-state index in [2.05, 4.69) is 5.32 Å². The molecule has 0 saturated heterocycles. The predicted octanol–water partition coefficient (Wildman–Crippen LogP) is 3.96. The van der Waals surface area contributed by atoms with Crippen LogP contribution in [0.15, 0.2) is 52.9 Å². The Morgan fingerprint density at radius 2 is 1.95 bits per heavy atom. The van der Waals surface area contributed by atoms with Crippen molar-refractivity contribution in [3.05, 3.63) is 70.5 Å². The molecule has 1 heterocycles. The van der Waals surface area contributed by atoms with Crippen molar-refractivity contribution in [1.29, 1.82) is 5.41 Å². The van der Waals surface area contributed by atoms with Gasteiger partial charge in [-0.05, 0) is 30.3 Å². The van der Waals surface area contributed by atoms with E-state index in [0.717, 1.165) is 6.07 Å². The van der Waals surface area contributed by atoms with Gasteiger partial charge in [0, 0.05) is 11.1 Å². The van der Waals surface area contributed by atoms with Gasteiger partial charge in [-0.1, -0.05) is 29.8 Å². The van der Waals surface area contributed by atoms with Crippen LogP contribution in [0.5, 0.6) is 0 Å². The van der Waals surface area contributed by atoms with Gasteiger partial charge in [0.05, 0.1) is 5.02 Å². The van der Waals surface area contributed by atoms with Gasteiger partial charge in [0.15, 0.2) is 0 Å². The highest BCUT2D eigenvalue weighted by atomic mass is 35.5. The van der Waals surface area contributed by atoms with Crippen molar-refractivity contribution in [2.75, 3.05) is 5.32 Å². The maximum atomic E-state index is 13.1. The number of rotatable bonds is 2. The Balaban J connectivity index is 1.96. The number of para-hydroxylation sites is 1. The van der Waals surface area contributed by atoms with Crippen molar-refractivity contribution in [2.24, 2.45) is 0 Å². The van der Waals surface area contributed by atoms with E-state index in [1.54, 1.807) is 24.3 Å². The molecule has 0 spiro atoms. The number of hydrogen-bond acceptors (Lipinski definition) is 3. The molecule has 22 heavy (non-hydrogen) atoms. The third kappa shape index (κ3) is 2.71. The monoisotopic (exact) mass is 316 g/mol. The van der Waals surface area contributed by atoms with Crippen LogP contribution in [0, 0.1) is 11.2 Å². The lowest BCUT2D eigenvalue weighted by atomic mass is 10.1. The molecule has 4 nitrogen and oxygen atoms in total. The predicted molar refractivity (Wildman–Crippen MR) is 81.4 cm³/mol. The molecule has 6 heteroatoms. The van der Waals surface area contributed by atoms with Crippen molar-refractivity contribution < 1.29 is 13.6 Å². The first kappa shape index (κ1) is 14.3. The molecule has 0 radical (unpaired) electrons. The van der Waals surface area contributed by atoms with Gasteiger partial charge < -0.3 is 9.73 Å². The molecule has 1 aromatic heterocycles. The maximum absolute atomic E-state index is 13.1. The Hall–Kier alpha value is -2.66. The van der Waals surface area contributed by atoms with E-state index in [0.29, 0.717) is 16.7 Å². The molecule has 3 rings (SSSR count). The highest BCUT2D eigenvalue weighted by Gasteiger charge is 2.12. The largest absolute Gasteiger partial charge is 0.438 e. The van der Waals surface area contributed by atoms with Crippen LogP contribution >= 0.6 is 11.6 Å². The van der Waals surface area contributed by atoms with Gasteiger partial charge in [-0.3, -0.25) is 10.2 Å². The second-order valence-electron chi connectivity index (χ2n) is 4.61. The summed E-state index contributed by atoms with van der Waals surface area (Å²) in [5.41, 5.74) is 0.696. The third-order valence-electron chi connectivity index (χ3n) is 3.10. The Morgan fingerprint density at radius 1 is 1.18 bits per heavy atom. The lowest BCUT2D eigenvalue weighted by Gasteiger charge is -2.07. The van der Waals surface area contributed by atoms with Crippen molar-refractivity contribution in [3.63, 3.8) is 0 Å². The fourth-order valence-electron chi connectivity index (χ4n) is 2.02. The maximum Gasteiger partial charge on any atom is 0.261 e. The zero-order chi connectivity index (χ0) is 15.7. The summed E-state index contributed by atoms with van der Waals surface area (Å²) in [6.45, 7) is 0. The first-order valence-corrected chi connectivity index (χ1v) is 6.76. The van der Waals surface area contributed by atoms with Gasteiger partial charge in [0.1, 0.15) is 17.0 Å². The van der Waals surface area contributed by atoms with Crippen LogP contribution in [0.1, 0.15) is 10.4 Å². The van der Waals surface area contributed by atoms with E-state index in [-0.39, 0.29) is 16.1 Å². The summed E-state index contributed by atoms with van der Waals surface area (Å²) in [7, 11) is 0. The second-order valence-corrected chi connectivity index (χ2v) is 5.02. The number of fused-ring (bicyclic) bond motifs is 1. The molecule has 0 aliphatic heterocycles. The van der Waals surface area contributed by atoms with Gasteiger partial charge in [0.2, 0.25) is 5.55 Å². The van der Waals surface area contributed by atoms with E-state index in [4.69, 9.17) is 21.4 Å². The summed E-state index contributed by atoms with van der Waals surface area (Å²) in [5, 5.41) is 11.0. The molecular formula is C16H10ClFN2O2. The first-order chi connectivity index (χ1) is 10.5. The van der Waals surface area contributed by atoms with Gasteiger partial charge in [-0.25, -0.2) is 4.39 Å². The number of amides is 1. The highest BCUT2D eigenvalue weighted by Crippen LogP contribution is 2.20. The van der Waals surface area contributed by atoms with Gasteiger partial charge in [-0.15, -0.1) is 0 Å². The molecular weight excluding hydrogens is 307 g/mol. The average molecular weight is 317 g/mol. The van der Waals surface area contributed by atoms with Crippen LogP contribution < -0.4 is 10.9 Å². The molecule has 0 atom stereocenters. The molecule has 2 aromatic carbocycles. The fraction of sp³-hybridized carbons (Fsp3) is 0. The summed E-state index contributed by atoms with van der Waals surface area (Å²) in [5.74, 6) is -1.09. The third-order valence-corrected chi connectivity index (χ3v) is 3.39. The van der Waals surface area contributed by atoms with E-state index in [1.807, 2.05) is 6.07 Å². The summed E-state index contributed by atoms with van der Waals surface area (Å²) >= 11 is 5.67. The van der Waals surface area contributed by atoms with Crippen LogP contribution in [0.2, 0.25) is 5.02 Å². The van der Waals surface area contributed by atoms with Crippen molar-refractivity contribution >= 4 is 34.2 Å². The van der Waals surface area contributed by atoms with Crippen molar-refractivity contribution in [1.82, 2.24) is 0 Å². The van der Waals surface area contributed by atoms with Crippen molar-refractivity contribution in [2.45, 2.75) is 0 Å². The van der Waals surface area contributed by atoms with E-state index >= 15 is 0 Å². The van der Waals surface area contributed by atoms with Crippen LogP contribution in [-0.2, 0) is 0 Å². The van der Waals surface area contributed by atoms with Crippen LogP contribution in [0.3, 0.4) is 0 Å².